The number of carbonyl (C=O) groups excluding carboxylic acids is 1. The van der Waals surface area contributed by atoms with Gasteiger partial charge in [-0.05, 0) is 26.3 Å². The molecule has 0 atom stereocenters. The van der Waals surface area contributed by atoms with Gasteiger partial charge in [0.05, 0.1) is 17.8 Å². The first-order valence-electron chi connectivity index (χ1n) is 6.55. The van der Waals surface area contributed by atoms with E-state index in [-0.39, 0.29) is 5.78 Å². The molecule has 0 aliphatic heterocycles. The maximum Gasteiger partial charge on any atom is 0.169 e. The normalized spacial score (nSPS) is 11.2. The fourth-order valence-electron chi connectivity index (χ4n) is 2.53. The van der Waals surface area contributed by atoms with Crippen LogP contribution >= 0.6 is 0 Å². The molecule has 0 aliphatic carbocycles. The number of benzene rings is 1. The minimum atomic E-state index is 0.0201. The van der Waals surface area contributed by atoms with Gasteiger partial charge in [-0.15, -0.1) is 9.73 Å². The van der Waals surface area contributed by atoms with Gasteiger partial charge in [0.15, 0.2) is 11.4 Å². The molecule has 0 spiro atoms. The summed E-state index contributed by atoms with van der Waals surface area (Å²) in [7, 11) is 0. The van der Waals surface area contributed by atoms with Gasteiger partial charge in [0.2, 0.25) is 0 Å². The van der Waals surface area contributed by atoms with Gasteiger partial charge >= 0.3 is 0 Å². The molecule has 2 aromatic heterocycles. The van der Waals surface area contributed by atoms with Crippen LogP contribution in [0.25, 0.3) is 5.65 Å². The molecule has 5 heteroatoms. The van der Waals surface area contributed by atoms with E-state index >= 15 is 0 Å². The zero-order valence-corrected chi connectivity index (χ0v) is 11.8. The lowest BCUT2D eigenvalue weighted by Gasteiger charge is -2.06. The van der Waals surface area contributed by atoms with Gasteiger partial charge in [-0.1, -0.05) is 30.3 Å². The summed E-state index contributed by atoms with van der Waals surface area (Å²) < 4.78 is 3.59. The summed E-state index contributed by atoms with van der Waals surface area (Å²) in [6, 6.07) is 10.1. The van der Waals surface area contributed by atoms with Crippen LogP contribution in [0.1, 0.15) is 34.4 Å². The van der Waals surface area contributed by atoms with Crippen molar-refractivity contribution in [2.24, 2.45) is 0 Å². The van der Waals surface area contributed by atoms with Gasteiger partial charge in [0.25, 0.3) is 0 Å². The first-order chi connectivity index (χ1) is 9.58. The Kier molecular flexibility index (Phi) is 2.89. The second-order valence-electron chi connectivity index (χ2n) is 4.95. The summed E-state index contributed by atoms with van der Waals surface area (Å²) in [4.78, 5) is 11.9. The van der Waals surface area contributed by atoms with Crippen molar-refractivity contribution in [3.05, 3.63) is 53.0 Å². The topological polar surface area (TPSA) is 52.2 Å². The Morgan fingerprint density at radius 1 is 1.15 bits per heavy atom. The van der Waals surface area contributed by atoms with E-state index in [2.05, 4.69) is 22.3 Å². The molecule has 0 saturated carbocycles. The van der Waals surface area contributed by atoms with Crippen molar-refractivity contribution < 1.29 is 4.79 Å². The molecule has 2 heterocycles. The van der Waals surface area contributed by atoms with E-state index in [4.69, 9.17) is 0 Å². The van der Waals surface area contributed by atoms with Crippen LogP contribution in [-0.4, -0.2) is 25.2 Å². The number of Topliss-reactive ketones (excluding diaryl/α,β-unsaturated/α-hetero) is 1. The van der Waals surface area contributed by atoms with Crippen molar-refractivity contribution in [2.75, 3.05) is 0 Å². The number of hydrogen-bond acceptors (Lipinski definition) is 3. The van der Waals surface area contributed by atoms with E-state index in [0.717, 1.165) is 17.2 Å². The third-order valence-corrected chi connectivity index (χ3v) is 3.44. The number of fused-ring (bicyclic) bond motifs is 1. The number of hydrogen-bond donors (Lipinski definition) is 0. The number of ketones is 1. The number of nitrogens with zero attached hydrogens (tertiary/aromatic N) is 4. The summed E-state index contributed by atoms with van der Waals surface area (Å²) in [6.07, 6.45) is 0. The molecule has 20 heavy (non-hydrogen) atoms. The highest BCUT2D eigenvalue weighted by Gasteiger charge is 2.20. The van der Waals surface area contributed by atoms with Gasteiger partial charge in [0.1, 0.15) is 5.82 Å². The van der Waals surface area contributed by atoms with E-state index in [9.17, 15) is 4.79 Å². The fourth-order valence-corrected chi connectivity index (χ4v) is 2.53. The third kappa shape index (κ3) is 1.91. The minimum Gasteiger partial charge on any atom is -0.307 e. The highest BCUT2D eigenvalue weighted by atomic mass is 16.1. The van der Waals surface area contributed by atoms with E-state index in [1.165, 1.54) is 5.56 Å². The second-order valence-corrected chi connectivity index (χ2v) is 4.95. The van der Waals surface area contributed by atoms with Crippen LogP contribution in [0.15, 0.2) is 30.3 Å². The zero-order valence-electron chi connectivity index (χ0n) is 11.8. The van der Waals surface area contributed by atoms with Crippen LogP contribution in [0, 0.1) is 13.8 Å². The molecule has 1 aromatic carbocycles. The van der Waals surface area contributed by atoms with Crippen molar-refractivity contribution in [3.63, 3.8) is 0 Å². The lowest BCUT2D eigenvalue weighted by atomic mass is 10.1. The summed E-state index contributed by atoms with van der Waals surface area (Å²) in [5.74, 6) is 0.866. The van der Waals surface area contributed by atoms with Crippen LogP contribution in [0.2, 0.25) is 0 Å². The SMILES string of the molecule is CC(=O)c1c(C)nn2nc(C)n(Cc3ccccc3)c12. The van der Waals surface area contributed by atoms with Gasteiger partial charge in [-0.25, -0.2) is 0 Å². The molecule has 3 aromatic rings. The quantitative estimate of drug-likeness (QED) is 0.685. The molecule has 0 N–H and O–H groups in total. The Bertz CT molecular complexity index is 783. The van der Waals surface area contributed by atoms with Crippen LogP contribution in [0.4, 0.5) is 0 Å². The van der Waals surface area contributed by atoms with Gasteiger partial charge in [-0.2, -0.15) is 5.10 Å². The van der Waals surface area contributed by atoms with Gasteiger partial charge in [0, 0.05) is 0 Å². The summed E-state index contributed by atoms with van der Waals surface area (Å²) in [5.41, 5.74) is 3.32. The molecular weight excluding hydrogens is 252 g/mol. The smallest absolute Gasteiger partial charge is 0.169 e. The monoisotopic (exact) mass is 268 g/mol. The Labute approximate surface area is 116 Å². The maximum atomic E-state index is 11.9. The first kappa shape index (κ1) is 12.6. The predicted octanol–water partition coefficient (Wildman–Crippen LogP) is 2.40. The predicted molar refractivity (Wildman–Crippen MR) is 76.0 cm³/mol. The van der Waals surface area contributed by atoms with E-state index in [0.29, 0.717) is 12.1 Å². The summed E-state index contributed by atoms with van der Waals surface area (Å²) in [6.45, 7) is 6.02. The molecule has 0 radical (unpaired) electrons. The van der Waals surface area contributed by atoms with Crippen LogP contribution in [0.5, 0.6) is 0 Å². The Morgan fingerprint density at radius 2 is 1.85 bits per heavy atom. The molecular formula is C15H16N4O. The molecule has 0 unspecified atom stereocenters. The standard InChI is InChI=1S/C15H16N4O/c1-10-14(11(2)20)15-18(12(3)17-19(15)16-10)9-13-7-5-4-6-8-13/h4-8H,9H2,1-3H3. The highest BCUT2D eigenvalue weighted by molar-refractivity contribution is 6.01. The average Bonchev–Trinajstić information content (AvgIpc) is 2.86. The molecule has 0 aliphatic rings. The molecule has 102 valence electrons. The summed E-state index contributed by atoms with van der Waals surface area (Å²) >= 11 is 0. The van der Waals surface area contributed by atoms with Crippen LogP contribution in [-0.2, 0) is 6.54 Å². The van der Waals surface area contributed by atoms with Crippen molar-refractivity contribution >= 4 is 11.4 Å². The van der Waals surface area contributed by atoms with Crippen molar-refractivity contribution in [2.45, 2.75) is 27.3 Å². The number of carbonyl (C=O) groups is 1. The highest BCUT2D eigenvalue weighted by Crippen LogP contribution is 2.19. The lowest BCUT2D eigenvalue weighted by Crippen LogP contribution is -2.05. The first-order valence-corrected chi connectivity index (χ1v) is 6.55. The largest absolute Gasteiger partial charge is 0.307 e. The molecule has 0 fully saturated rings. The van der Waals surface area contributed by atoms with Gasteiger partial charge < -0.3 is 4.57 Å². The third-order valence-electron chi connectivity index (χ3n) is 3.44. The van der Waals surface area contributed by atoms with Gasteiger partial charge in [-0.3, -0.25) is 4.79 Å². The number of aromatic nitrogens is 4. The minimum absolute atomic E-state index is 0.0201. The Hall–Kier alpha value is -2.43. The van der Waals surface area contributed by atoms with Crippen LogP contribution in [0.3, 0.4) is 0 Å². The van der Waals surface area contributed by atoms with Crippen molar-refractivity contribution in [1.82, 2.24) is 19.4 Å². The Balaban J connectivity index is 2.19. The average molecular weight is 268 g/mol. The molecule has 5 nitrogen and oxygen atoms in total. The van der Waals surface area contributed by atoms with Crippen molar-refractivity contribution in [3.8, 4) is 0 Å². The number of aryl methyl sites for hydroxylation is 2. The van der Waals surface area contributed by atoms with E-state index in [1.54, 1.807) is 11.6 Å². The molecule has 0 saturated heterocycles. The van der Waals surface area contributed by atoms with E-state index < -0.39 is 0 Å². The molecule has 0 bridgehead atoms. The fraction of sp³-hybridized carbons (Fsp3) is 0.267. The zero-order chi connectivity index (χ0) is 14.3. The van der Waals surface area contributed by atoms with Crippen molar-refractivity contribution in [1.29, 1.82) is 0 Å². The second kappa shape index (κ2) is 4.59. The number of rotatable bonds is 3. The molecule has 0 amide bonds. The lowest BCUT2D eigenvalue weighted by molar-refractivity contribution is 0.101. The van der Waals surface area contributed by atoms with Crippen LogP contribution < -0.4 is 0 Å². The maximum absolute atomic E-state index is 11.9. The summed E-state index contributed by atoms with van der Waals surface area (Å²) in [5, 5.41) is 8.71. The van der Waals surface area contributed by atoms with E-state index in [1.807, 2.05) is 36.6 Å². The Morgan fingerprint density at radius 3 is 2.50 bits per heavy atom. The molecule has 3 rings (SSSR count).